The zero-order chi connectivity index (χ0) is 22.5. The maximum atomic E-state index is 12.0. The monoisotopic (exact) mass is 438 g/mol. The van der Waals surface area contributed by atoms with Gasteiger partial charge in [0.05, 0.1) is 27.1 Å². The van der Waals surface area contributed by atoms with Crippen molar-refractivity contribution in [1.29, 1.82) is 0 Å². The van der Waals surface area contributed by atoms with E-state index in [0.29, 0.717) is 6.07 Å². The second-order valence-corrected chi connectivity index (χ2v) is 7.10. The quantitative estimate of drug-likeness (QED) is 0.307. The molecule has 0 aliphatic heterocycles. The summed E-state index contributed by atoms with van der Waals surface area (Å²) in [4.78, 5) is 44.9. The van der Waals surface area contributed by atoms with Gasteiger partial charge in [0, 0.05) is 0 Å². The Morgan fingerprint density at radius 3 is 1.60 bits per heavy atom. The molecular weight excluding hydrogens is 424 g/mol. The summed E-state index contributed by atoms with van der Waals surface area (Å²) in [6, 6.07) is 7.17. The third-order valence-corrected chi connectivity index (χ3v) is 4.44. The molecule has 30 heavy (non-hydrogen) atoms. The topological polar surface area (TPSA) is 182 Å². The van der Waals surface area contributed by atoms with Crippen molar-refractivity contribution < 1.29 is 51.8 Å². The van der Waals surface area contributed by atoms with E-state index in [1.165, 1.54) is 24.3 Å². The SMILES string of the molecule is O=C(O)c1ccc(C(=O)OCCOC(=O)c2cc(C(=O)O)cc(S(=O)(=O)O)c2)cc1. The largest absolute Gasteiger partial charge is 0.478 e. The molecule has 11 nitrogen and oxygen atoms in total. The fourth-order valence-electron chi connectivity index (χ4n) is 2.17. The Bertz CT molecular complexity index is 1100. The van der Waals surface area contributed by atoms with Gasteiger partial charge in [0.25, 0.3) is 10.1 Å². The number of esters is 2. The summed E-state index contributed by atoms with van der Waals surface area (Å²) < 4.78 is 41.2. The van der Waals surface area contributed by atoms with Gasteiger partial charge >= 0.3 is 23.9 Å². The second-order valence-electron chi connectivity index (χ2n) is 5.68. The molecule has 2 aromatic carbocycles. The molecule has 0 atom stereocenters. The zero-order valence-corrected chi connectivity index (χ0v) is 15.8. The number of carbonyl (C=O) groups excluding carboxylic acids is 2. The lowest BCUT2D eigenvalue weighted by molar-refractivity contribution is 0.0265. The van der Waals surface area contributed by atoms with E-state index in [0.717, 1.165) is 12.1 Å². The van der Waals surface area contributed by atoms with Crippen molar-refractivity contribution in [2.24, 2.45) is 0 Å². The molecule has 0 fully saturated rings. The lowest BCUT2D eigenvalue weighted by Crippen LogP contribution is -2.15. The Kier molecular flexibility index (Phi) is 6.87. The number of benzene rings is 2. The highest BCUT2D eigenvalue weighted by Gasteiger charge is 2.19. The summed E-state index contributed by atoms with van der Waals surface area (Å²) >= 11 is 0. The number of aromatic carboxylic acids is 2. The van der Waals surface area contributed by atoms with Gasteiger partial charge in [-0.1, -0.05) is 0 Å². The fourth-order valence-corrected chi connectivity index (χ4v) is 2.73. The average Bonchev–Trinajstić information content (AvgIpc) is 2.69. The minimum absolute atomic E-state index is 0.0201. The highest BCUT2D eigenvalue weighted by atomic mass is 32.2. The van der Waals surface area contributed by atoms with E-state index < -0.39 is 56.6 Å². The van der Waals surface area contributed by atoms with Gasteiger partial charge in [-0.2, -0.15) is 8.42 Å². The van der Waals surface area contributed by atoms with Crippen molar-refractivity contribution in [2.75, 3.05) is 13.2 Å². The molecular formula is C18H14O11S. The summed E-state index contributed by atoms with van der Waals surface area (Å²) in [6.07, 6.45) is 0. The number of carboxylic acids is 2. The standard InChI is InChI=1S/C18H14O11S/c19-15(20)10-1-3-11(4-2-10)17(23)28-5-6-29-18(24)13-7-12(16(21)22)8-14(9-13)30(25,26)27/h1-4,7-9H,5-6H2,(H,19,20)(H,21,22)(H,25,26,27). The second kappa shape index (κ2) is 9.15. The van der Waals surface area contributed by atoms with Crippen LogP contribution in [0, 0.1) is 0 Å². The highest BCUT2D eigenvalue weighted by molar-refractivity contribution is 7.85. The number of hydrogen-bond acceptors (Lipinski definition) is 8. The van der Waals surface area contributed by atoms with Crippen LogP contribution in [0.25, 0.3) is 0 Å². The molecule has 2 rings (SSSR count). The normalized spacial score (nSPS) is 10.8. The molecule has 158 valence electrons. The molecule has 0 saturated carbocycles. The molecule has 0 aliphatic carbocycles. The molecule has 0 bridgehead atoms. The third kappa shape index (κ3) is 5.86. The van der Waals surface area contributed by atoms with E-state index in [4.69, 9.17) is 24.2 Å². The fraction of sp³-hybridized carbons (Fsp3) is 0.111. The summed E-state index contributed by atoms with van der Waals surface area (Å²) in [5, 5.41) is 17.8. The summed E-state index contributed by atoms with van der Waals surface area (Å²) in [7, 11) is -4.77. The van der Waals surface area contributed by atoms with E-state index in [1.807, 2.05) is 0 Å². The molecule has 3 N–H and O–H groups in total. The van der Waals surface area contributed by atoms with Gasteiger partial charge in [-0.05, 0) is 42.5 Å². The smallest absolute Gasteiger partial charge is 0.338 e. The van der Waals surface area contributed by atoms with Crippen molar-refractivity contribution in [2.45, 2.75) is 4.90 Å². The summed E-state index contributed by atoms with van der Waals surface area (Å²) in [5.41, 5.74) is -0.960. The van der Waals surface area contributed by atoms with Crippen molar-refractivity contribution in [3.8, 4) is 0 Å². The average molecular weight is 438 g/mol. The van der Waals surface area contributed by atoms with Crippen LogP contribution in [0.2, 0.25) is 0 Å². The van der Waals surface area contributed by atoms with E-state index >= 15 is 0 Å². The first-order valence-corrected chi connectivity index (χ1v) is 9.46. The van der Waals surface area contributed by atoms with Gasteiger partial charge in [0.15, 0.2) is 0 Å². The van der Waals surface area contributed by atoms with Gasteiger partial charge in [0.1, 0.15) is 13.2 Å². The van der Waals surface area contributed by atoms with Crippen molar-refractivity contribution in [3.63, 3.8) is 0 Å². The van der Waals surface area contributed by atoms with Crippen LogP contribution in [0.5, 0.6) is 0 Å². The van der Waals surface area contributed by atoms with E-state index in [9.17, 15) is 27.6 Å². The van der Waals surface area contributed by atoms with Crippen LogP contribution >= 0.6 is 0 Å². The zero-order valence-electron chi connectivity index (χ0n) is 15.0. The molecule has 2 aromatic rings. The lowest BCUT2D eigenvalue weighted by Gasteiger charge is -2.08. The number of ether oxygens (including phenoxy) is 2. The van der Waals surface area contributed by atoms with E-state index in [1.54, 1.807) is 0 Å². The highest BCUT2D eigenvalue weighted by Crippen LogP contribution is 2.16. The van der Waals surface area contributed by atoms with Crippen LogP contribution in [0.4, 0.5) is 0 Å². The summed E-state index contributed by atoms with van der Waals surface area (Å²) in [5.74, 6) is -4.60. The number of carbonyl (C=O) groups is 4. The number of rotatable bonds is 8. The predicted molar refractivity (Wildman–Crippen MR) is 97.2 cm³/mol. The first-order chi connectivity index (χ1) is 14.0. The van der Waals surface area contributed by atoms with Crippen LogP contribution in [0.1, 0.15) is 41.4 Å². The van der Waals surface area contributed by atoms with Gasteiger partial charge < -0.3 is 19.7 Å². The lowest BCUT2D eigenvalue weighted by atomic mass is 10.1. The van der Waals surface area contributed by atoms with Crippen LogP contribution in [0.3, 0.4) is 0 Å². The number of hydrogen-bond donors (Lipinski definition) is 3. The van der Waals surface area contributed by atoms with Crippen LogP contribution in [-0.2, 0) is 19.6 Å². The first kappa shape index (κ1) is 22.5. The molecule has 0 aliphatic rings. The molecule has 0 radical (unpaired) electrons. The maximum absolute atomic E-state index is 12.0. The molecule has 0 spiro atoms. The van der Waals surface area contributed by atoms with Gasteiger partial charge in [-0.3, -0.25) is 4.55 Å². The first-order valence-electron chi connectivity index (χ1n) is 8.02. The Labute approximate surface area is 169 Å². The van der Waals surface area contributed by atoms with Gasteiger partial charge in [0.2, 0.25) is 0 Å². The Morgan fingerprint density at radius 2 is 1.13 bits per heavy atom. The molecule has 12 heteroatoms. The van der Waals surface area contributed by atoms with Crippen molar-refractivity contribution in [1.82, 2.24) is 0 Å². The molecule has 0 heterocycles. The molecule has 0 aromatic heterocycles. The number of carboxylic acid groups (broad SMARTS) is 2. The summed E-state index contributed by atoms with van der Waals surface area (Å²) in [6.45, 7) is -0.814. The van der Waals surface area contributed by atoms with Crippen LogP contribution in [-0.4, -0.2) is 60.3 Å². The minimum atomic E-state index is -4.77. The minimum Gasteiger partial charge on any atom is -0.478 e. The van der Waals surface area contributed by atoms with Crippen LogP contribution in [0.15, 0.2) is 47.4 Å². The van der Waals surface area contributed by atoms with Crippen LogP contribution < -0.4 is 0 Å². The van der Waals surface area contributed by atoms with Crippen molar-refractivity contribution in [3.05, 3.63) is 64.7 Å². The van der Waals surface area contributed by atoms with Gasteiger partial charge in [-0.15, -0.1) is 0 Å². The van der Waals surface area contributed by atoms with Crippen molar-refractivity contribution >= 4 is 34.0 Å². The Balaban J connectivity index is 1.97. The van der Waals surface area contributed by atoms with E-state index in [2.05, 4.69) is 0 Å². The third-order valence-electron chi connectivity index (χ3n) is 3.60. The Morgan fingerprint density at radius 1 is 0.700 bits per heavy atom. The predicted octanol–water partition coefficient (Wildman–Crippen LogP) is 1.34. The molecule has 0 saturated heterocycles. The van der Waals surface area contributed by atoms with Gasteiger partial charge in [-0.25, -0.2) is 19.2 Å². The molecule has 0 unspecified atom stereocenters. The molecule has 0 amide bonds. The Hall–Kier alpha value is -3.77. The van der Waals surface area contributed by atoms with E-state index in [-0.39, 0.29) is 17.7 Å². The maximum Gasteiger partial charge on any atom is 0.338 e.